The van der Waals surface area contributed by atoms with Crippen molar-refractivity contribution < 1.29 is 34.5 Å². The summed E-state index contributed by atoms with van der Waals surface area (Å²) in [5, 5.41) is 8.14. The van der Waals surface area contributed by atoms with E-state index < -0.39 is 29.0 Å². The van der Waals surface area contributed by atoms with E-state index in [0.717, 1.165) is 0 Å². The molecule has 0 amide bonds. The Morgan fingerprint density at radius 2 is 0.380 bits per heavy atom. The summed E-state index contributed by atoms with van der Waals surface area (Å²) in [5.74, 6) is 5.21. The average Bonchev–Trinajstić information content (AvgIpc) is 3.11. The highest BCUT2D eigenvalue weighted by Gasteiger charge is 2.49. The summed E-state index contributed by atoms with van der Waals surface area (Å²) in [5.41, 5.74) is 0. The van der Waals surface area contributed by atoms with Crippen LogP contribution in [0.15, 0.2) is 194 Å². The molecular formula is C38H32B2F8P2. The molecule has 0 aliphatic carbocycles. The van der Waals surface area contributed by atoms with Crippen LogP contribution in [0, 0.1) is 0 Å². The molecule has 256 valence electrons. The molecular weight excluding hydrogens is 692 g/mol. The van der Waals surface area contributed by atoms with Gasteiger partial charge in [0.2, 0.25) is 0 Å². The number of rotatable bonds is 8. The maximum absolute atomic E-state index is 9.75. The molecule has 0 atom stereocenters. The van der Waals surface area contributed by atoms with Gasteiger partial charge in [-0.1, -0.05) is 109 Å². The van der Waals surface area contributed by atoms with Gasteiger partial charge in [-0.3, -0.25) is 0 Å². The van der Waals surface area contributed by atoms with Gasteiger partial charge in [0.1, 0.15) is 58.0 Å². The molecule has 6 aromatic rings. The fourth-order valence-electron chi connectivity index (χ4n) is 5.59. The molecule has 0 fully saturated rings. The van der Waals surface area contributed by atoms with Crippen molar-refractivity contribution in [2.45, 2.75) is 0 Å². The molecule has 6 rings (SSSR count). The minimum atomic E-state index is -6.00. The number of hydrogen-bond acceptors (Lipinski definition) is 0. The third kappa shape index (κ3) is 10.5. The van der Waals surface area contributed by atoms with Crippen LogP contribution in [-0.4, -0.2) is 14.5 Å². The predicted octanol–water partition coefficient (Wildman–Crippen LogP) is 10.0. The Labute approximate surface area is 288 Å². The molecule has 0 aliphatic rings. The fraction of sp³-hybridized carbons (Fsp3) is 0. The van der Waals surface area contributed by atoms with Gasteiger partial charge in [0.25, 0.3) is 0 Å². The van der Waals surface area contributed by atoms with Gasteiger partial charge in [0.15, 0.2) is 0 Å². The van der Waals surface area contributed by atoms with E-state index >= 15 is 0 Å². The molecule has 0 heterocycles. The van der Waals surface area contributed by atoms with Crippen LogP contribution in [0.3, 0.4) is 0 Å². The van der Waals surface area contributed by atoms with Gasteiger partial charge in [0.05, 0.1) is 0 Å². The molecule has 12 heteroatoms. The second kappa shape index (κ2) is 17.4. The summed E-state index contributed by atoms with van der Waals surface area (Å²) in [7, 11) is -16.3. The first-order valence-corrected chi connectivity index (χ1v) is 19.1. The lowest BCUT2D eigenvalue weighted by molar-refractivity contribution is 0.366. The maximum Gasteiger partial charge on any atom is 0.673 e. The second-order valence-corrected chi connectivity index (χ2v) is 17.3. The van der Waals surface area contributed by atoms with E-state index in [9.17, 15) is 34.5 Å². The van der Waals surface area contributed by atoms with E-state index in [0.29, 0.717) is 0 Å². The molecule has 0 radical (unpaired) electrons. The van der Waals surface area contributed by atoms with Crippen molar-refractivity contribution in [1.82, 2.24) is 0 Å². The number of halogens is 8. The normalized spacial score (nSPS) is 11.9. The Morgan fingerprint density at radius 1 is 0.260 bits per heavy atom. The summed E-state index contributed by atoms with van der Waals surface area (Å²) in [6.07, 6.45) is 0. The van der Waals surface area contributed by atoms with Crippen LogP contribution in [0.4, 0.5) is 34.5 Å². The molecule has 0 aromatic heterocycles. The zero-order chi connectivity index (χ0) is 36.1. The van der Waals surface area contributed by atoms with Crippen molar-refractivity contribution in [2.24, 2.45) is 0 Å². The van der Waals surface area contributed by atoms with Crippen LogP contribution < -0.4 is 31.8 Å². The predicted molar refractivity (Wildman–Crippen MR) is 200 cm³/mol. The molecule has 0 spiro atoms. The second-order valence-electron chi connectivity index (χ2n) is 10.7. The van der Waals surface area contributed by atoms with Crippen molar-refractivity contribution in [3.8, 4) is 0 Å². The number of hydrogen-bond donors (Lipinski definition) is 0. The first-order chi connectivity index (χ1) is 23.8. The van der Waals surface area contributed by atoms with E-state index in [1.165, 1.54) is 31.8 Å². The lowest BCUT2D eigenvalue weighted by Crippen LogP contribution is -2.32. The Kier molecular flexibility index (Phi) is 13.3. The Hall–Kier alpha value is -4.51. The van der Waals surface area contributed by atoms with Gasteiger partial charge in [-0.05, 0) is 72.8 Å². The van der Waals surface area contributed by atoms with E-state index in [4.69, 9.17) is 0 Å². The highest BCUT2D eigenvalue weighted by atomic mass is 31.2. The summed E-state index contributed by atoms with van der Waals surface area (Å²) >= 11 is 0. The molecule has 0 saturated carbocycles. The molecule has 6 aromatic carbocycles. The van der Waals surface area contributed by atoms with Crippen LogP contribution in [0.1, 0.15) is 0 Å². The van der Waals surface area contributed by atoms with Gasteiger partial charge in [-0.2, -0.15) is 0 Å². The molecule has 0 saturated heterocycles. The average molecular weight is 724 g/mol. The van der Waals surface area contributed by atoms with Crippen molar-refractivity contribution in [3.63, 3.8) is 0 Å². The summed E-state index contributed by atoms with van der Waals surface area (Å²) in [6.45, 7) is 0. The third-order valence-electron chi connectivity index (χ3n) is 7.49. The van der Waals surface area contributed by atoms with Crippen molar-refractivity contribution in [3.05, 3.63) is 194 Å². The van der Waals surface area contributed by atoms with Gasteiger partial charge >= 0.3 is 14.5 Å². The summed E-state index contributed by atoms with van der Waals surface area (Å²) in [4.78, 5) is 0. The van der Waals surface area contributed by atoms with Crippen LogP contribution in [0.25, 0.3) is 0 Å². The van der Waals surface area contributed by atoms with E-state index in [2.05, 4.69) is 194 Å². The number of benzene rings is 6. The van der Waals surface area contributed by atoms with Gasteiger partial charge in [0, 0.05) is 0 Å². The minimum Gasteiger partial charge on any atom is -0.418 e. The minimum absolute atomic E-state index is 1.36. The molecule has 0 N–H and O–H groups in total. The molecule has 0 nitrogen and oxygen atoms in total. The molecule has 50 heavy (non-hydrogen) atoms. The van der Waals surface area contributed by atoms with Crippen LogP contribution in [-0.2, 0) is 0 Å². The molecule has 0 unspecified atom stereocenters. The lowest BCUT2D eigenvalue weighted by Gasteiger charge is -2.27. The SMILES string of the molecule is C(=C\[P+](c1ccccc1)(c1ccccc1)c1ccccc1)/[P+](c1ccccc1)(c1ccccc1)c1ccccc1.F[B-](F)(F)F.F[B-](F)(F)F. The zero-order valence-corrected chi connectivity index (χ0v) is 28.3. The highest BCUT2D eigenvalue weighted by molar-refractivity contribution is 8.01. The van der Waals surface area contributed by atoms with E-state index in [-0.39, 0.29) is 0 Å². The van der Waals surface area contributed by atoms with E-state index in [1.807, 2.05) is 0 Å². The van der Waals surface area contributed by atoms with Gasteiger partial charge in [-0.15, -0.1) is 0 Å². The Bertz CT molecular complexity index is 1530. The topological polar surface area (TPSA) is 0 Å². The van der Waals surface area contributed by atoms with Crippen molar-refractivity contribution in [2.75, 3.05) is 0 Å². The monoisotopic (exact) mass is 724 g/mol. The lowest BCUT2D eigenvalue weighted by atomic mass is 10.3. The zero-order valence-electron chi connectivity index (χ0n) is 26.5. The van der Waals surface area contributed by atoms with Crippen molar-refractivity contribution >= 4 is 60.9 Å². The standard InChI is InChI=1S/C38H32P2.2BF4/c1-7-19-33(20-8-1)39(34-21-9-2-10-22-34,35-23-11-3-12-24-35)31-32-40(36-25-13-4-14-26-36,37-27-15-5-16-28-37)38-29-17-6-18-30-38;2*2-1(3,4)5/h1-32H;;/q+2;2*-1/b32-31+;;. The largest absolute Gasteiger partial charge is 0.673 e. The van der Waals surface area contributed by atoms with Crippen LogP contribution in [0.2, 0.25) is 0 Å². The first-order valence-electron chi connectivity index (χ1n) is 15.4. The summed E-state index contributed by atoms with van der Waals surface area (Å²) < 4.78 is 78.0. The van der Waals surface area contributed by atoms with Gasteiger partial charge < -0.3 is 34.5 Å². The van der Waals surface area contributed by atoms with E-state index in [1.54, 1.807) is 0 Å². The molecule has 0 bridgehead atoms. The third-order valence-corrected chi connectivity index (χ3v) is 15.6. The summed E-state index contributed by atoms with van der Waals surface area (Å²) in [6, 6.07) is 66.6. The Morgan fingerprint density at radius 3 is 0.500 bits per heavy atom. The maximum atomic E-state index is 9.75. The smallest absolute Gasteiger partial charge is 0.418 e. The van der Waals surface area contributed by atoms with Crippen LogP contribution >= 0.6 is 14.5 Å². The van der Waals surface area contributed by atoms with Crippen LogP contribution in [0.5, 0.6) is 0 Å². The fourth-order valence-corrected chi connectivity index (χ4v) is 13.9. The van der Waals surface area contributed by atoms with Crippen molar-refractivity contribution in [1.29, 1.82) is 0 Å². The first kappa shape index (κ1) is 38.3. The highest BCUT2D eigenvalue weighted by Crippen LogP contribution is 2.63. The van der Waals surface area contributed by atoms with Gasteiger partial charge in [-0.25, -0.2) is 0 Å². The quantitative estimate of drug-likeness (QED) is 0.0834. The Balaban J connectivity index is 0.000000496. The molecule has 0 aliphatic heterocycles.